The van der Waals surface area contributed by atoms with E-state index in [0.29, 0.717) is 19.4 Å². The lowest BCUT2D eigenvalue weighted by molar-refractivity contribution is -0.131. The van der Waals surface area contributed by atoms with Crippen molar-refractivity contribution in [3.63, 3.8) is 0 Å². The second-order valence-electron chi connectivity index (χ2n) is 6.09. The fourth-order valence-corrected chi connectivity index (χ4v) is 4.78. The standard InChI is InChI=1S/C19H21NO3S/c21-19(12-11-16-7-3-1-4-8-16)20-13-14-24(22,23)18(15-20)17-9-5-2-6-10-17/h1-10,18H,11-15H2. The van der Waals surface area contributed by atoms with Crippen LogP contribution in [0.1, 0.15) is 22.8 Å². The lowest BCUT2D eigenvalue weighted by atomic mass is 10.1. The molecule has 0 bridgehead atoms. The van der Waals surface area contributed by atoms with Gasteiger partial charge in [0.15, 0.2) is 9.84 Å². The van der Waals surface area contributed by atoms with Crippen molar-refractivity contribution in [2.75, 3.05) is 18.8 Å². The summed E-state index contributed by atoms with van der Waals surface area (Å²) in [5, 5.41) is -0.617. The van der Waals surface area contributed by atoms with Crippen LogP contribution in [0.3, 0.4) is 0 Å². The maximum Gasteiger partial charge on any atom is 0.222 e. The summed E-state index contributed by atoms with van der Waals surface area (Å²) in [7, 11) is -3.20. The van der Waals surface area contributed by atoms with Gasteiger partial charge in [-0.15, -0.1) is 0 Å². The minimum atomic E-state index is -3.20. The number of amides is 1. The van der Waals surface area contributed by atoms with Gasteiger partial charge in [0.05, 0.1) is 5.75 Å². The van der Waals surface area contributed by atoms with Crippen LogP contribution in [-0.4, -0.2) is 38.1 Å². The van der Waals surface area contributed by atoms with Crippen molar-refractivity contribution in [2.24, 2.45) is 0 Å². The van der Waals surface area contributed by atoms with Gasteiger partial charge < -0.3 is 4.90 Å². The van der Waals surface area contributed by atoms with Crippen molar-refractivity contribution in [3.8, 4) is 0 Å². The summed E-state index contributed by atoms with van der Waals surface area (Å²) < 4.78 is 24.8. The highest BCUT2D eigenvalue weighted by molar-refractivity contribution is 7.91. The van der Waals surface area contributed by atoms with E-state index in [1.807, 2.05) is 60.7 Å². The Balaban J connectivity index is 1.68. The number of rotatable bonds is 4. The molecule has 126 valence electrons. The molecule has 1 fully saturated rings. The third kappa shape index (κ3) is 3.85. The fourth-order valence-electron chi connectivity index (χ4n) is 3.05. The van der Waals surface area contributed by atoms with Gasteiger partial charge in [0, 0.05) is 19.5 Å². The van der Waals surface area contributed by atoms with Crippen molar-refractivity contribution in [2.45, 2.75) is 18.1 Å². The fraction of sp³-hybridized carbons (Fsp3) is 0.316. The smallest absolute Gasteiger partial charge is 0.222 e. The van der Waals surface area contributed by atoms with Crippen LogP contribution in [0.4, 0.5) is 0 Å². The first-order chi connectivity index (χ1) is 11.6. The number of nitrogens with zero attached hydrogens (tertiary/aromatic N) is 1. The number of hydrogen-bond donors (Lipinski definition) is 0. The molecule has 3 rings (SSSR count). The largest absolute Gasteiger partial charge is 0.340 e. The van der Waals surface area contributed by atoms with Gasteiger partial charge in [-0.25, -0.2) is 8.42 Å². The number of benzene rings is 2. The van der Waals surface area contributed by atoms with Crippen molar-refractivity contribution in [3.05, 3.63) is 71.8 Å². The highest BCUT2D eigenvalue weighted by atomic mass is 32.2. The van der Waals surface area contributed by atoms with E-state index in [-0.39, 0.29) is 18.2 Å². The van der Waals surface area contributed by atoms with Crippen LogP contribution in [-0.2, 0) is 21.1 Å². The molecule has 0 spiro atoms. The molecular weight excluding hydrogens is 322 g/mol. The molecule has 1 aliphatic heterocycles. The van der Waals surface area contributed by atoms with Crippen molar-refractivity contribution < 1.29 is 13.2 Å². The molecule has 0 N–H and O–H groups in total. The highest BCUT2D eigenvalue weighted by Crippen LogP contribution is 2.28. The van der Waals surface area contributed by atoms with Gasteiger partial charge in [0.1, 0.15) is 5.25 Å². The van der Waals surface area contributed by atoms with Crippen LogP contribution in [0.2, 0.25) is 0 Å². The molecule has 5 heteroatoms. The average molecular weight is 343 g/mol. The molecule has 1 aliphatic rings. The predicted octanol–water partition coefficient (Wildman–Crippen LogP) is 2.62. The molecule has 1 unspecified atom stereocenters. The third-order valence-electron chi connectivity index (χ3n) is 4.46. The minimum absolute atomic E-state index is 0.0229. The van der Waals surface area contributed by atoms with Crippen molar-refractivity contribution in [1.82, 2.24) is 4.90 Å². The monoisotopic (exact) mass is 343 g/mol. The van der Waals surface area contributed by atoms with E-state index in [9.17, 15) is 13.2 Å². The first kappa shape index (κ1) is 16.7. The van der Waals surface area contributed by atoms with Gasteiger partial charge in [0.2, 0.25) is 5.91 Å². The lowest BCUT2D eigenvalue weighted by Crippen LogP contribution is -2.45. The zero-order chi connectivity index (χ0) is 17.0. The molecular formula is C19H21NO3S. The molecule has 1 saturated heterocycles. The molecule has 1 heterocycles. The van der Waals surface area contributed by atoms with Gasteiger partial charge in [0.25, 0.3) is 0 Å². The third-order valence-corrected chi connectivity index (χ3v) is 6.50. The Morgan fingerprint density at radius 3 is 2.29 bits per heavy atom. The SMILES string of the molecule is O=C(CCc1ccccc1)N1CCS(=O)(=O)C(c2ccccc2)C1. The molecule has 24 heavy (non-hydrogen) atoms. The van der Waals surface area contributed by atoms with E-state index in [1.54, 1.807) is 4.90 Å². The van der Waals surface area contributed by atoms with E-state index in [2.05, 4.69) is 0 Å². The molecule has 0 radical (unpaired) electrons. The summed E-state index contributed by atoms with van der Waals surface area (Å²) in [5.74, 6) is 0.0542. The topological polar surface area (TPSA) is 54.5 Å². The van der Waals surface area contributed by atoms with Crippen LogP contribution in [0, 0.1) is 0 Å². The summed E-state index contributed by atoms with van der Waals surface area (Å²) in [6, 6.07) is 19.0. The number of hydrogen-bond acceptors (Lipinski definition) is 3. The molecule has 0 aliphatic carbocycles. The second kappa shape index (κ2) is 7.18. The molecule has 0 aromatic heterocycles. The highest BCUT2D eigenvalue weighted by Gasteiger charge is 2.35. The Bertz CT molecular complexity index is 788. The van der Waals surface area contributed by atoms with Gasteiger partial charge in [-0.1, -0.05) is 60.7 Å². The molecule has 2 aromatic rings. The van der Waals surface area contributed by atoms with Crippen LogP contribution < -0.4 is 0 Å². The maximum atomic E-state index is 12.5. The van der Waals surface area contributed by atoms with Crippen molar-refractivity contribution in [1.29, 1.82) is 0 Å². The van der Waals surface area contributed by atoms with Crippen molar-refractivity contribution >= 4 is 15.7 Å². The molecule has 4 nitrogen and oxygen atoms in total. The minimum Gasteiger partial charge on any atom is -0.340 e. The van der Waals surface area contributed by atoms with Crippen LogP contribution in [0.15, 0.2) is 60.7 Å². The van der Waals surface area contributed by atoms with Gasteiger partial charge in [-0.05, 0) is 17.5 Å². The summed E-state index contributed by atoms with van der Waals surface area (Å²) in [6.07, 6.45) is 1.09. The zero-order valence-corrected chi connectivity index (χ0v) is 14.3. The summed E-state index contributed by atoms with van der Waals surface area (Å²) in [5.41, 5.74) is 1.88. The van der Waals surface area contributed by atoms with E-state index < -0.39 is 15.1 Å². The average Bonchev–Trinajstić information content (AvgIpc) is 2.61. The van der Waals surface area contributed by atoms with Gasteiger partial charge in [-0.3, -0.25) is 4.79 Å². The Kier molecular flexibility index (Phi) is 5.00. The molecule has 0 saturated carbocycles. The Labute approximate surface area is 143 Å². The summed E-state index contributed by atoms with van der Waals surface area (Å²) >= 11 is 0. The summed E-state index contributed by atoms with van der Waals surface area (Å²) in [4.78, 5) is 14.2. The van der Waals surface area contributed by atoms with Crippen LogP contribution >= 0.6 is 0 Å². The van der Waals surface area contributed by atoms with E-state index in [4.69, 9.17) is 0 Å². The van der Waals surface area contributed by atoms with Crippen LogP contribution in [0.25, 0.3) is 0 Å². The quantitative estimate of drug-likeness (QED) is 0.857. The first-order valence-electron chi connectivity index (χ1n) is 8.14. The number of carbonyl (C=O) groups is 1. The Morgan fingerprint density at radius 1 is 1.00 bits per heavy atom. The number of carbonyl (C=O) groups excluding carboxylic acids is 1. The first-order valence-corrected chi connectivity index (χ1v) is 9.86. The van der Waals surface area contributed by atoms with Gasteiger partial charge in [-0.2, -0.15) is 0 Å². The zero-order valence-electron chi connectivity index (χ0n) is 13.5. The number of aryl methyl sites for hydroxylation is 1. The van der Waals surface area contributed by atoms with E-state index in [0.717, 1.165) is 11.1 Å². The Hall–Kier alpha value is -2.14. The van der Waals surface area contributed by atoms with Crippen LogP contribution in [0.5, 0.6) is 0 Å². The lowest BCUT2D eigenvalue weighted by Gasteiger charge is -2.33. The van der Waals surface area contributed by atoms with E-state index in [1.165, 1.54) is 0 Å². The van der Waals surface area contributed by atoms with Gasteiger partial charge >= 0.3 is 0 Å². The summed E-state index contributed by atoms with van der Waals surface area (Å²) in [6.45, 7) is 0.541. The molecule has 2 aromatic carbocycles. The normalized spacial score (nSPS) is 19.8. The predicted molar refractivity (Wildman–Crippen MR) is 94.3 cm³/mol. The molecule has 1 amide bonds. The second-order valence-corrected chi connectivity index (χ2v) is 8.39. The van der Waals surface area contributed by atoms with E-state index >= 15 is 0 Å². The number of sulfone groups is 1. The Morgan fingerprint density at radius 2 is 1.62 bits per heavy atom. The maximum absolute atomic E-state index is 12.5. The molecule has 1 atom stereocenters.